The maximum atomic E-state index is 5.66. The molecule has 0 amide bonds. The van der Waals surface area contributed by atoms with Crippen LogP contribution in [0.15, 0.2) is 0 Å². The van der Waals surface area contributed by atoms with E-state index >= 15 is 0 Å². The first-order valence-electron chi connectivity index (χ1n) is 5.05. The summed E-state index contributed by atoms with van der Waals surface area (Å²) in [6.07, 6.45) is 5.41. The highest BCUT2D eigenvalue weighted by Gasteiger charge is 2.20. The molecule has 2 atom stereocenters. The molecule has 0 spiro atoms. The van der Waals surface area contributed by atoms with E-state index in [0.717, 1.165) is 18.9 Å². The van der Waals surface area contributed by atoms with E-state index in [2.05, 4.69) is 6.92 Å². The predicted octanol–water partition coefficient (Wildman–Crippen LogP) is 1.93. The van der Waals surface area contributed by atoms with Crippen molar-refractivity contribution >= 4 is 0 Å². The van der Waals surface area contributed by atoms with Crippen molar-refractivity contribution in [3.8, 4) is 0 Å². The van der Waals surface area contributed by atoms with E-state index in [9.17, 15) is 0 Å². The molecule has 0 heterocycles. The van der Waals surface area contributed by atoms with Crippen LogP contribution in [0, 0.1) is 5.92 Å². The predicted molar refractivity (Wildman–Crippen MR) is 51.0 cm³/mol. The molecule has 0 aromatic rings. The van der Waals surface area contributed by atoms with E-state index < -0.39 is 0 Å². The van der Waals surface area contributed by atoms with Gasteiger partial charge in [-0.2, -0.15) is 0 Å². The van der Waals surface area contributed by atoms with Crippen LogP contribution in [0.4, 0.5) is 0 Å². The number of hydrogen-bond acceptors (Lipinski definition) is 2. The van der Waals surface area contributed by atoms with Crippen LogP contribution in [-0.2, 0) is 4.74 Å². The van der Waals surface area contributed by atoms with Gasteiger partial charge in [-0.05, 0) is 32.6 Å². The average molecular weight is 171 g/mol. The Balaban J connectivity index is 1.89. The van der Waals surface area contributed by atoms with Crippen LogP contribution in [0.5, 0.6) is 0 Å². The number of ether oxygens (including phenoxy) is 1. The summed E-state index contributed by atoms with van der Waals surface area (Å²) in [5, 5.41) is 0. The zero-order chi connectivity index (χ0) is 8.97. The highest BCUT2D eigenvalue weighted by molar-refractivity contribution is 4.72. The number of nitrogens with two attached hydrogens (primary N) is 1. The molecule has 2 unspecified atom stereocenters. The number of rotatable bonds is 6. The van der Waals surface area contributed by atoms with E-state index in [0.29, 0.717) is 6.10 Å². The van der Waals surface area contributed by atoms with Gasteiger partial charge < -0.3 is 10.5 Å². The summed E-state index contributed by atoms with van der Waals surface area (Å²) in [5.74, 6) is 0.979. The van der Waals surface area contributed by atoms with Gasteiger partial charge in [-0.3, -0.25) is 0 Å². The summed E-state index contributed by atoms with van der Waals surface area (Å²) in [6, 6.07) is 0.265. The van der Waals surface area contributed by atoms with Gasteiger partial charge in [-0.25, -0.2) is 0 Å². The lowest BCUT2D eigenvalue weighted by Crippen LogP contribution is -2.23. The van der Waals surface area contributed by atoms with Crippen molar-refractivity contribution in [1.29, 1.82) is 0 Å². The van der Waals surface area contributed by atoms with Crippen molar-refractivity contribution in [1.82, 2.24) is 0 Å². The summed E-state index contributed by atoms with van der Waals surface area (Å²) in [4.78, 5) is 0. The Kier molecular flexibility index (Phi) is 4.02. The molecule has 1 aliphatic rings. The molecule has 2 heteroatoms. The van der Waals surface area contributed by atoms with Gasteiger partial charge in [0.25, 0.3) is 0 Å². The van der Waals surface area contributed by atoms with Gasteiger partial charge in [0.2, 0.25) is 0 Å². The van der Waals surface area contributed by atoms with Crippen LogP contribution in [0.25, 0.3) is 0 Å². The van der Waals surface area contributed by atoms with Crippen LogP contribution < -0.4 is 5.73 Å². The Morgan fingerprint density at radius 3 is 2.58 bits per heavy atom. The Hall–Kier alpha value is -0.0800. The lowest BCUT2D eigenvalue weighted by atomic mass is 10.2. The fourth-order valence-electron chi connectivity index (χ4n) is 1.43. The second-order valence-corrected chi connectivity index (χ2v) is 4.13. The van der Waals surface area contributed by atoms with Crippen molar-refractivity contribution in [2.24, 2.45) is 11.7 Å². The molecule has 0 aromatic carbocycles. The maximum Gasteiger partial charge on any atom is 0.0561 e. The highest BCUT2D eigenvalue weighted by atomic mass is 16.5. The topological polar surface area (TPSA) is 35.2 Å². The zero-order valence-electron chi connectivity index (χ0n) is 8.25. The van der Waals surface area contributed by atoms with Gasteiger partial charge in [-0.15, -0.1) is 0 Å². The summed E-state index contributed by atoms with van der Waals surface area (Å²) in [6.45, 7) is 5.07. The molecular formula is C10H21NO. The maximum absolute atomic E-state index is 5.66. The molecule has 1 rings (SSSR count). The quantitative estimate of drug-likeness (QED) is 0.662. The molecule has 0 radical (unpaired) electrons. The second kappa shape index (κ2) is 4.83. The Morgan fingerprint density at radius 1 is 1.42 bits per heavy atom. The fraction of sp³-hybridized carbons (Fsp3) is 1.00. The molecule has 1 aliphatic carbocycles. The van der Waals surface area contributed by atoms with Crippen LogP contribution in [0.3, 0.4) is 0 Å². The third-order valence-electron chi connectivity index (χ3n) is 2.33. The van der Waals surface area contributed by atoms with E-state index in [4.69, 9.17) is 10.5 Å². The van der Waals surface area contributed by atoms with Gasteiger partial charge >= 0.3 is 0 Å². The Morgan fingerprint density at radius 2 is 2.08 bits per heavy atom. The molecule has 1 saturated carbocycles. The van der Waals surface area contributed by atoms with E-state index in [1.165, 1.54) is 19.3 Å². The minimum atomic E-state index is 0.265. The minimum absolute atomic E-state index is 0.265. The first-order chi connectivity index (χ1) is 5.68. The molecule has 1 fully saturated rings. The van der Waals surface area contributed by atoms with Crippen LogP contribution >= 0.6 is 0 Å². The molecule has 0 bridgehead atoms. The van der Waals surface area contributed by atoms with Crippen molar-refractivity contribution in [3.63, 3.8) is 0 Å². The smallest absolute Gasteiger partial charge is 0.0561 e. The average Bonchev–Trinajstić information content (AvgIpc) is 2.69. The van der Waals surface area contributed by atoms with Gasteiger partial charge in [0.15, 0.2) is 0 Å². The van der Waals surface area contributed by atoms with E-state index in [-0.39, 0.29) is 6.04 Å². The fourth-order valence-corrected chi connectivity index (χ4v) is 1.43. The lowest BCUT2D eigenvalue weighted by molar-refractivity contribution is 0.0529. The molecular weight excluding hydrogens is 150 g/mol. The molecule has 0 saturated heterocycles. The molecule has 12 heavy (non-hydrogen) atoms. The first kappa shape index (κ1) is 10.0. The van der Waals surface area contributed by atoms with Crippen molar-refractivity contribution in [2.75, 3.05) is 6.61 Å². The summed E-state index contributed by atoms with van der Waals surface area (Å²) >= 11 is 0. The largest absolute Gasteiger partial charge is 0.378 e. The van der Waals surface area contributed by atoms with E-state index in [1.54, 1.807) is 0 Å². The third-order valence-corrected chi connectivity index (χ3v) is 2.33. The first-order valence-corrected chi connectivity index (χ1v) is 5.05. The summed E-state index contributed by atoms with van der Waals surface area (Å²) < 4.78 is 5.62. The van der Waals surface area contributed by atoms with E-state index in [1.807, 2.05) is 6.92 Å². The van der Waals surface area contributed by atoms with Gasteiger partial charge in [0, 0.05) is 12.6 Å². The Bertz CT molecular complexity index is 121. The standard InChI is InChI=1S/C10H21NO/c1-8(11)7-9(2)12-6-5-10-3-4-10/h8-10H,3-7,11H2,1-2H3. The minimum Gasteiger partial charge on any atom is -0.378 e. The second-order valence-electron chi connectivity index (χ2n) is 4.13. The van der Waals surface area contributed by atoms with Crippen molar-refractivity contribution in [3.05, 3.63) is 0 Å². The zero-order valence-corrected chi connectivity index (χ0v) is 8.25. The van der Waals surface area contributed by atoms with Crippen LogP contribution in [0.2, 0.25) is 0 Å². The molecule has 72 valence electrons. The van der Waals surface area contributed by atoms with Crippen LogP contribution in [0.1, 0.15) is 39.5 Å². The normalized spacial score (nSPS) is 22.2. The molecule has 2 N–H and O–H groups in total. The van der Waals surface area contributed by atoms with Gasteiger partial charge in [-0.1, -0.05) is 12.8 Å². The monoisotopic (exact) mass is 171 g/mol. The Labute approximate surface area is 75.5 Å². The summed E-state index contributed by atoms with van der Waals surface area (Å²) in [7, 11) is 0. The number of hydrogen-bond donors (Lipinski definition) is 1. The van der Waals surface area contributed by atoms with Crippen LogP contribution in [-0.4, -0.2) is 18.8 Å². The molecule has 0 aromatic heterocycles. The SMILES string of the molecule is CC(N)CC(C)OCCC1CC1. The lowest BCUT2D eigenvalue weighted by Gasteiger charge is -2.14. The molecule has 2 nitrogen and oxygen atoms in total. The van der Waals surface area contributed by atoms with Gasteiger partial charge in [0.05, 0.1) is 6.10 Å². The van der Waals surface area contributed by atoms with Crippen molar-refractivity contribution in [2.45, 2.75) is 51.7 Å². The summed E-state index contributed by atoms with van der Waals surface area (Å²) in [5.41, 5.74) is 5.66. The highest BCUT2D eigenvalue weighted by Crippen LogP contribution is 2.32. The third kappa shape index (κ3) is 4.73. The molecule has 0 aliphatic heterocycles. The van der Waals surface area contributed by atoms with Gasteiger partial charge in [0.1, 0.15) is 0 Å². The van der Waals surface area contributed by atoms with Crippen molar-refractivity contribution < 1.29 is 4.74 Å².